The van der Waals surface area contributed by atoms with E-state index in [1.54, 1.807) is 12.1 Å². The number of aliphatic imine (C=N–C) groups is 1. The predicted molar refractivity (Wildman–Crippen MR) is 69.3 cm³/mol. The van der Waals surface area contributed by atoms with Crippen LogP contribution >= 0.6 is 0 Å². The van der Waals surface area contributed by atoms with Gasteiger partial charge in [-0.25, -0.2) is 4.99 Å². The Bertz CT molecular complexity index is 754. The fourth-order valence-corrected chi connectivity index (χ4v) is 1.55. The minimum atomic E-state index is -0.618. The number of nitro benzene ring substituents is 1. The molecule has 9 nitrogen and oxygen atoms in total. The Morgan fingerprint density at radius 3 is 2.62 bits per heavy atom. The van der Waals surface area contributed by atoms with E-state index in [1.807, 2.05) is 0 Å². The second kappa shape index (κ2) is 5.59. The molecule has 0 fully saturated rings. The Hall–Kier alpha value is -3.59. The fraction of sp³-hybridized carbons (Fsp3) is 0.0833. The number of benzene rings is 1. The van der Waals surface area contributed by atoms with Crippen LogP contribution in [0.25, 0.3) is 0 Å². The monoisotopic (exact) mass is 285 g/mol. The molecule has 0 radical (unpaired) electrons. The number of nitrogens with two attached hydrogens (primary N) is 1. The van der Waals surface area contributed by atoms with E-state index in [9.17, 15) is 10.1 Å². The number of hydrogen-bond donors (Lipinski definition) is 1. The number of rotatable bonds is 3. The molecule has 2 rings (SSSR count). The molecule has 1 aromatic rings. The van der Waals surface area contributed by atoms with Gasteiger partial charge in [0.05, 0.1) is 16.6 Å². The summed E-state index contributed by atoms with van der Waals surface area (Å²) in [6.07, 6.45) is 1.07. The highest BCUT2D eigenvalue weighted by Gasteiger charge is 2.22. The second-order valence-corrected chi connectivity index (χ2v) is 3.77. The molecule has 0 aromatic heterocycles. The van der Waals surface area contributed by atoms with E-state index in [1.165, 1.54) is 12.1 Å². The number of hydrogen-bond acceptors (Lipinski definition) is 8. The minimum absolute atomic E-state index is 0.0299. The normalized spacial score (nSPS) is 13.4. The average molecular weight is 285 g/mol. The summed E-state index contributed by atoms with van der Waals surface area (Å²) in [4.78, 5) is 14.1. The lowest BCUT2D eigenvalue weighted by atomic mass is 10.1. The molecule has 0 atom stereocenters. The Morgan fingerprint density at radius 1 is 1.38 bits per heavy atom. The van der Waals surface area contributed by atoms with Gasteiger partial charge >= 0.3 is 0 Å². The molecule has 1 heterocycles. The van der Waals surface area contributed by atoms with Gasteiger partial charge in [-0.2, -0.15) is 10.5 Å². The van der Waals surface area contributed by atoms with Crippen molar-refractivity contribution in [2.45, 2.75) is 0 Å². The van der Waals surface area contributed by atoms with E-state index >= 15 is 0 Å². The molecule has 1 aliphatic heterocycles. The summed E-state index contributed by atoms with van der Waals surface area (Å²) in [5.41, 5.74) is 4.41. The van der Waals surface area contributed by atoms with Crippen molar-refractivity contribution in [2.75, 3.05) is 6.79 Å². The predicted octanol–water partition coefficient (Wildman–Crippen LogP) is 0.960. The molecule has 1 aliphatic rings. The second-order valence-electron chi connectivity index (χ2n) is 3.77. The molecular formula is C12H7N5O4. The Kier molecular flexibility index (Phi) is 3.68. The van der Waals surface area contributed by atoms with Gasteiger partial charge in [-0.3, -0.25) is 10.1 Å². The molecular weight excluding hydrogens is 278 g/mol. The molecule has 9 heteroatoms. The van der Waals surface area contributed by atoms with Crippen LogP contribution in [0.5, 0.6) is 11.5 Å². The highest BCUT2D eigenvalue weighted by molar-refractivity contribution is 5.88. The van der Waals surface area contributed by atoms with Crippen LogP contribution in [-0.2, 0) is 0 Å². The van der Waals surface area contributed by atoms with E-state index in [4.69, 9.17) is 25.7 Å². The van der Waals surface area contributed by atoms with Gasteiger partial charge in [0.25, 0.3) is 5.69 Å². The van der Waals surface area contributed by atoms with Crippen LogP contribution in [0.1, 0.15) is 5.56 Å². The van der Waals surface area contributed by atoms with Gasteiger partial charge in [-0.15, -0.1) is 0 Å². The van der Waals surface area contributed by atoms with Gasteiger partial charge in [0.15, 0.2) is 17.2 Å². The first kappa shape index (κ1) is 13.8. The van der Waals surface area contributed by atoms with Gasteiger partial charge in [0, 0.05) is 6.21 Å². The third-order valence-electron chi connectivity index (χ3n) is 2.53. The van der Waals surface area contributed by atoms with Crippen molar-refractivity contribution >= 4 is 11.9 Å². The van der Waals surface area contributed by atoms with Gasteiger partial charge < -0.3 is 15.2 Å². The number of nitriles is 2. The summed E-state index contributed by atoms with van der Waals surface area (Å²) in [5, 5.41) is 28.4. The third-order valence-corrected chi connectivity index (χ3v) is 2.53. The lowest BCUT2D eigenvalue weighted by Crippen LogP contribution is -1.99. The summed E-state index contributed by atoms with van der Waals surface area (Å²) in [7, 11) is 0. The van der Waals surface area contributed by atoms with Gasteiger partial charge in [0.1, 0.15) is 17.8 Å². The van der Waals surface area contributed by atoms with Crippen LogP contribution in [0.2, 0.25) is 0 Å². The van der Waals surface area contributed by atoms with E-state index in [-0.39, 0.29) is 35.2 Å². The van der Waals surface area contributed by atoms with Crippen molar-refractivity contribution in [2.24, 2.45) is 10.7 Å². The van der Waals surface area contributed by atoms with E-state index in [0.29, 0.717) is 5.75 Å². The summed E-state index contributed by atoms with van der Waals surface area (Å²) in [5.74, 6) is 0.587. The van der Waals surface area contributed by atoms with Crippen molar-refractivity contribution < 1.29 is 14.4 Å². The molecule has 0 bridgehead atoms. The first-order chi connectivity index (χ1) is 10.1. The molecule has 0 aliphatic carbocycles. The van der Waals surface area contributed by atoms with Crippen LogP contribution in [-0.4, -0.2) is 17.9 Å². The molecule has 2 N–H and O–H groups in total. The third kappa shape index (κ3) is 2.72. The molecule has 0 saturated carbocycles. The van der Waals surface area contributed by atoms with E-state index in [2.05, 4.69) is 4.99 Å². The Morgan fingerprint density at radius 2 is 2.05 bits per heavy atom. The Balaban J connectivity index is 2.48. The number of allylic oxidation sites excluding steroid dienone is 2. The van der Waals surface area contributed by atoms with Crippen molar-refractivity contribution in [1.82, 2.24) is 0 Å². The van der Waals surface area contributed by atoms with Gasteiger partial charge in [-0.05, 0) is 6.07 Å². The first-order valence-electron chi connectivity index (χ1n) is 5.49. The molecule has 104 valence electrons. The van der Waals surface area contributed by atoms with Crippen LogP contribution in [0.15, 0.2) is 28.5 Å². The summed E-state index contributed by atoms with van der Waals surface area (Å²) in [6.45, 7) is -0.0299. The van der Waals surface area contributed by atoms with Crippen LogP contribution < -0.4 is 15.2 Å². The molecule has 21 heavy (non-hydrogen) atoms. The van der Waals surface area contributed by atoms with Crippen molar-refractivity contribution in [3.05, 3.63) is 39.2 Å². The molecule has 0 spiro atoms. The zero-order valence-electron chi connectivity index (χ0n) is 10.4. The lowest BCUT2D eigenvalue weighted by molar-refractivity contribution is -0.385. The van der Waals surface area contributed by atoms with Crippen LogP contribution in [0, 0.1) is 32.8 Å². The average Bonchev–Trinajstić information content (AvgIpc) is 2.93. The van der Waals surface area contributed by atoms with Crippen molar-refractivity contribution in [3.8, 4) is 23.6 Å². The van der Waals surface area contributed by atoms with Crippen molar-refractivity contribution in [3.63, 3.8) is 0 Å². The smallest absolute Gasteiger partial charge is 0.282 e. The van der Waals surface area contributed by atoms with Crippen LogP contribution in [0.3, 0.4) is 0 Å². The van der Waals surface area contributed by atoms with Gasteiger partial charge in [0.2, 0.25) is 6.79 Å². The lowest BCUT2D eigenvalue weighted by Gasteiger charge is -2.00. The number of ether oxygens (including phenoxy) is 2. The topological polar surface area (TPSA) is 148 Å². The molecule has 0 unspecified atom stereocenters. The first-order valence-corrected chi connectivity index (χ1v) is 5.49. The molecule has 0 saturated heterocycles. The summed E-state index contributed by atoms with van der Waals surface area (Å²) < 4.78 is 10.2. The fourth-order valence-electron chi connectivity index (χ4n) is 1.55. The maximum atomic E-state index is 11.0. The maximum absolute atomic E-state index is 11.0. The number of fused-ring (bicyclic) bond motifs is 1. The maximum Gasteiger partial charge on any atom is 0.282 e. The van der Waals surface area contributed by atoms with E-state index < -0.39 is 4.92 Å². The minimum Gasteiger partial charge on any atom is -0.454 e. The number of nitro groups is 1. The quantitative estimate of drug-likeness (QED) is 0.376. The van der Waals surface area contributed by atoms with E-state index in [0.717, 1.165) is 6.21 Å². The highest BCUT2D eigenvalue weighted by atomic mass is 16.7. The SMILES string of the molecule is N#CC(N)=C(C#N)N=Cc1cc2c(cc1[N+](=O)[O-])OCO2. The standard InChI is InChI=1S/C12H7N5O4/c13-3-8(15)9(4-14)16-5-7-1-11-12(21-6-20-11)2-10(7)17(18)19/h1-2,5H,6,15H2. The molecule has 0 amide bonds. The van der Waals surface area contributed by atoms with Crippen LogP contribution in [0.4, 0.5) is 5.69 Å². The highest BCUT2D eigenvalue weighted by Crippen LogP contribution is 2.37. The zero-order valence-corrected chi connectivity index (χ0v) is 10.4. The van der Waals surface area contributed by atoms with Gasteiger partial charge in [-0.1, -0.05) is 0 Å². The van der Waals surface area contributed by atoms with Crippen molar-refractivity contribution in [1.29, 1.82) is 10.5 Å². The summed E-state index contributed by atoms with van der Waals surface area (Å²) in [6, 6.07) is 5.77. The number of nitrogens with zero attached hydrogens (tertiary/aromatic N) is 4. The largest absolute Gasteiger partial charge is 0.454 e. The zero-order chi connectivity index (χ0) is 15.4. The summed E-state index contributed by atoms with van der Waals surface area (Å²) >= 11 is 0. The Labute approximate surface area is 118 Å². The molecule has 1 aromatic carbocycles.